The Bertz CT molecular complexity index is 977. The molecule has 0 saturated heterocycles. The van der Waals surface area contributed by atoms with Crippen LogP contribution in [0.3, 0.4) is 0 Å². The van der Waals surface area contributed by atoms with Crippen LogP contribution in [0.4, 0.5) is 0 Å². The summed E-state index contributed by atoms with van der Waals surface area (Å²) in [5.41, 5.74) is 4.16. The van der Waals surface area contributed by atoms with Crippen LogP contribution < -0.4 is 4.74 Å². The number of hydrogen-bond donors (Lipinski definition) is 1. The van der Waals surface area contributed by atoms with E-state index in [1.54, 1.807) is 31.2 Å². The number of phenols is 1. The maximum absolute atomic E-state index is 12.2. The van der Waals surface area contributed by atoms with Crippen molar-refractivity contribution in [1.29, 1.82) is 0 Å². The van der Waals surface area contributed by atoms with Gasteiger partial charge in [0.2, 0.25) is 0 Å². The summed E-state index contributed by atoms with van der Waals surface area (Å²) < 4.78 is 17.6. The van der Waals surface area contributed by atoms with Crippen LogP contribution in [-0.4, -0.2) is 36.2 Å². The minimum Gasteiger partial charge on any atom is -0.508 e. The molecule has 0 amide bonds. The number of rotatable bonds is 7. The minimum atomic E-state index is -0.440. The maximum Gasteiger partial charge on any atom is 0.341 e. The highest BCUT2D eigenvalue weighted by Gasteiger charge is 2.16. The predicted octanol–water partition coefficient (Wildman–Crippen LogP) is 4.32. The molecule has 3 rings (SSSR count). The largest absolute Gasteiger partial charge is 0.508 e. The van der Waals surface area contributed by atoms with Gasteiger partial charge in [0.15, 0.2) is 6.79 Å². The fourth-order valence-electron chi connectivity index (χ4n) is 2.97. The van der Waals surface area contributed by atoms with Gasteiger partial charge in [-0.2, -0.15) is 0 Å². The lowest BCUT2D eigenvalue weighted by atomic mass is 10.1. The summed E-state index contributed by atoms with van der Waals surface area (Å²) in [7, 11) is 1.52. The number of benzene rings is 2. The number of carbonyl (C=O) groups excluding carboxylic acids is 1. The van der Waals surface area contributed by atoms with E-state index in [-0.39, 0.29) is 19.1 Å². The van der Waals surface area contributed by atoms with Crippen molar-refractivity contribution in [2.24, 2.45) is 0 Å². The number of aromatic nitrogens is 1. The second-order valence-electron chi connectivity index (χ2n) is 6.26. The molecule has 0 bridgehead atoms. The third-order valence-corrected chi connectivity index (χ3v) is 4.27. The molecule has 6 heteroatoms. The second-order valence-corrected chi connectivity index (χ2v) is 6.26. The number of esters is 1. The Morgan fingerprint density at radius 3 is 2.68 bits per heavy atom. The molecule has 146 valence electrons. The van der Waals surface area contributed by atoms with Crippen LogP contribution in [0.1, 0.15) is 22.8 Å². The lowest BCUT2D eigenvalue weighted by molar-refractivity contribution is 0.0438. The molecule has 2 aromatic carbocycles. The first-order chi connectivity index (χ1) is 13.5. The molecule has 28 heavy (non-hydrogen) atoms. The van der Waals surface area contributed by atoms with E-state index in [0.29, 0.717) is 11.3 Å². The second kappa shape index (κ2) is 8.63. The fourth-order valence-corrected chi connectivity index (χ4v) is 2.97. The molecular formula is C22H23NO5. The molecule has 0 aliphatic heterocycles. The standard InChI is InChI=1S/C22H23NO5/c1-4-27-22(25)19-9-8-17(11-21(19)28-14-26-3)23-12-15(2)20(13-23)16-6-5-7-18(24)10-16/h5-13,24H,4,14H2,1-3H3. The third kappa shape index (κ3) is 4.18. The van der Waals surface area contributed by atoms with Crippen molar-refractivity contribution in [2.75, 3.05) is 20.5 Å². The summed E-state index contributed by atoms with van der Waals surface area (Å²) in [6.07, 6.45) is 3.96. The van der Waals surface area contributed by atoms with Crippen molar-refractivity contribution < 1.29 is 24.1 Å². The normalized spacial score (nSPS) is 10.7. The van der Waals surface area contributed by atoms with E-state index < -0.39 is 5.97 Å². The molecular weight excluding hydrogens is 358 g/mol. The first-order valence-electron chi connectivity index (χ1n) is 8.94. The van der Waals surface area contributed by atoms with Gasteiger partial charge in [0, 0.05) is 36.8 Å². The van der Waals surface area contributed by atoms with E-state index >= 15 is 0 Å². The van der Waals surface area contributed by atoms with Gasteiger partial charge in [-0.15, -0.1) is 0 Å². The summed E-state index contributed by atoms with van der Waals surface area (Å²) in [6.45, 7) is 4.07. The number of methoxy groups -OCH3 is 1. The Hall–Kier alpha value is -3.25. The Kier molecular flexibility index (Phi) is 6.01. The van der Waals surface area contributed by atoms with E-state index in [4.69, 9.17) is 14.2 Å². The number of phenolic OH excluding ortho intramolecular Hbond substituents is 1. The fraction of sp³-hybridized carbons (Fsp3) is 0.227. The van der Waals surface area contributed by atoms with Gasteiger partial charge in [-0.3, -0.25) is 0 Å². The van der Waals surface area contributed by atoms with Crippen molar-refractivity contribution in [1.82, 2.24) is 4.57 Å². The number of nitrogens with zero attached hydrogens (tertiary/aromatic N) is 1. The Labute approximate surface area is 163 Å². The Morgan fingerprint density at radius 2 is 1.96 bits per heavy atom. The zero-order valence-corrected chi connectivity index (χ0v) is 16.1. The van der Waals surface area contributed by atoms with E-state index in [0.717, 1.165) is 22.4 Å². The molecule has 6 nitrogen and oxygen atoms in total. The quantitative estimate of drug-likeness (QED) is 0.488. The van der Waals surface area contributed by atoms with E-state index in [2.05, 4.69) is 0 Å². The number of carbonyl (C=O) groups is 1. The Balaban J connectivity index is 1.99. The SMILES string of the molecule is CCOC(=O)c1ccc(-n2cc(C)c(-c3cccc(O)c3)c2)cc1OCOC. The number of ether oxygens (including phenoxy) is 3. The highest BCUT2D eigenvalue weighted by atomic mass is 16.7. The van der Waals surface area contributed by atoms with E-state index in [1.165, 1.54) is 7.11 Å². The molecule has 3 aromatic rings. The number of hydrogen-bond acceptors (Lipinski definition) is 5. The van der Waals surface area contributed by atoms with Gasteiger partial charge in [0.05, 0.1) is 6.61 Å². The summed E-state index contributed by atoms with van der Waals surface area (Å²) in [6, 6.07) is 12.4. The van der Waals surface area contributed by atoms with Crippen molar-refractivity contribution >= 4 is 5.97 Å². The molecule has 0 saturated carbocycles. The predicted molar refractivity (Wildman–Crippen MR) is 106 cm³/mol. The van der Waals surface area contributed by atoms with Crippen molar-refractivity contribution in [3.8, 4) is 28.3 Å². The lowest BCUT2D eigenvalue weighted by Gasteiger charge is -2.12. The van der Waals surface area contributed by atoms with Gasteiger partial charge in [-0.05, 0) is 49.2 Å². The van der Waals surface area contributed by atoms with Gasteiger partial charge in [-0.25, -0.2) is 4.79 Å². The minimum absolute atomic E-state index is 0.0229. The summed E-state index contributed by atoms with van der Waals surface area (Å²) in [4.78, 5) is 12.2. The third-order valence-electron chi connectivity index (χ3n) is 4.27. The molecule has 0 unspecified atom stereocenters. The molecule has 0 aliphatic carbocycles. The molecule has 0 aliphatic rings. The van der Waals surface area contributed by atoms with Crippen LogP contribution in [0.25, 0.3) is 16.8 Å². The van der Waals surface area contributed by atoms with Gasteiger partial charge < -0.3 is 23.9 Å². The molecule has 0 radical (unpaired) electrons. The van der Waals surface area contributed by atoms with Crippen LogP contribution in [0.15, 0.2) is 54.9 Å². The van der Waals surface area contributed by atoms with E-state index in [9.17, 15) is 9.90 Å². The monoisotopic (exact) mass is 381 g/mol. The summed E-state index contributed by atoms with van der Waals surface area (Å²) in [5.74, 6) is 0.172. The molecule has 1 N–H and O–H groups in total. The van der Waals surface area contributed by atoms with Gasteiger partial charge in [0.25, 0.3) is 0 Å². The average Bonchev–Trinajstić information content (AvgIpc) is 3.08. The smallest absolute Gasteiger partial charge is 0.341 e. The van der Waals surface area contributed by atoms with Crippen LogP contribution in [0.2, 0.25) is 0 Å². The van der Waals surface area contributed by atoms with Crippen LogP contribution in [0, 0.1) is 6.92 Å². The van der Waals surface area contributed by atoms with Gasteiger partial charge in [-0.1, -0.05) is 12.1 Å². The molecule has 0 atom stereocenters. The highest BCUT2D eigenvalue weighted by molar-refractivity contribution is 5.93. The van der Waals surface area contributed by atoms with Crippen molar-refractivity contribution in [3.63, 3.8) is 0 Å². The zero-order valence-electron chi connectivity index (χ0n) is 16.1. The molecule has 1 aromatic heterocycles. The zero-order chi connectivity index (χ0) is 20.1. The lowest BCUT2D eigenvalue weighted by Crippen LogP contribution is -2.10. The first-order valence-corrected chi connectivity index (χ1v) is 8.94. The average molecular weight is 381 g/mol. The highest BCUT2D eigenvalue weighted by Crippen LogP contribution is 2.30. The molecule has 0 spiro atoms. The van der Waals surface area contributed by atoms with Gasteiger partial charge in [0.1, 0.15) is 17.1 Å². The Morgan fingerprint density at radius 1 is 1.14 bits per heavy atom. The van der Waals surface area contributed by atoms with Gasteiger partial charge >= 0.3 is 5.97 Å². The topological polar surface area (TPSA) is 69.9 Å². The first kappa shape index (κ1) is 19.5. The maximum atomic E-state index is 12.2. The van der Waals surface area contributed by atoms with Crippen LogP contribution in [-0.2, 0) is 9.47 Å². The van der Waals surface area contributed by atoms with E-state index in [1.807, 2.05) is 42.1 Å². The van der Waals surface area contributed by atoms with Crippen LogP contribution >= 0.6 is 0 Å². The van der Waals surface area contributed by atoms with Crippen LogP contribution in [0.5, 0.6) is 11.5 Å². The molecule has 0 fully saturated rings. The number of aryl methyl sites for hydroxylation is 1. The summed E-state index contributed by atoms with van der Waals surface area (Å²) in [5, 5.41) is 9.76. The molecule has 1 heterocycles. The number of aromatic hydroxyl groups is 1. The summed E-state index contributed by atoms with van der Waals surface area (Å²) >= 11 is 0. The van der Waals surface area contributed by atoms with Crippen molar-refractivity contribution in [3.05, 3.63) is 66.0 Å². The van der Waals surface area contributed by atoms with Crippen molar-refractivity contribution in [2.45, 2.75) is 13.8 Å².